The van der Waals surface area contributed by atoms with E-state index in [-0.39, 0.29) is 5.91 Å². The first-order valence-corrected chi connectivity index (χ1v) is 10.4. The lowest BCUT2D eigenvalue weighted by molar-refractivity contribution is -0.118. The predicted molar refractivity (Wildman–Crippen MR) is 115 cm³/mol. The van der Waals surface area contributed by atoms with E-state index in [2.05, 4.69) is 26.5 Å². The second kappa shape index (κ2) is 11.0. The van der Waals surface area contributed by atoms with E-state index in [1.807, 2.05) is 43.3 Å². The normalized spacial score (nSPS) is 10.8. The Morgan fingerprint density at radius 2 is 2.07 bits per heavy atom. The SMILES string of the molecule is CCc1c(OC)ccc(/C=N\NC(=O)CSCc2cccc(Br)c2)c1OC. The van der Waals surface area contributed by atoms with Gasteiger partial charge in [-0.1, -0.05) is 35.0 Å². The Labute approximate surface area is 172 Å². The molecule has 0 aliphatic heterocycles. The van der Waals surface area contributed by atoms with Crippen LogP contribution >= 0.6 is 27.7 Å². The zero-order chi connectivity index (χ0) is 19.6. The summed E-state index contributed by atoms with van der Waals surface area (Å²) in [5.41, 5.74) is 5.49. The van der Waals surface area contributed by atoms with Crippen LogP contribution < -0.4 is 14.9 Å². The molecule has 2 rings (SSSR count). The summed E-state index contributed by atoms with van der Waals surface area (Å²) < 4.78 is 11.9. The second-order valence-electron chi connectivity index (χ2n) is 5.64. The second-order valence-corrected chi connectivity index (χ2v) is 7.54. The monoisotopic (exact) mass is 450 g/mol. The molecular weight excluding hydrogens is 428 g/mol. The van der Waals surface area contributed by atoms with Crippen molar-refractivity contribution in [2.45, 2.75) is 19.1 Å². The van der Waals surface area contributed by atoms with Crippen molar-refractivity contribution in [1.82, 2.24) is 5.43 Å². The van der Waals surface area contributed by atoms with Crippen molar-refractivity contribution in [2.24, 2.45) is 5.10 Å². The Morgan fingerprint density at radius 1 is 1.26 bits per heavy atom. The van der Waals surface area contributed by atoms with Crippen LogP contribution in [-0.4, -0.2) is 32.1 Å². The van der Waals surface area contributed by atoms with Gasteiger partial charge in [0.2, 0.25) is 5.91 Å². The van der Waals surface area contributed by atoms with Crippen molar-refractivity contribution in [3.05, 3.63) is 57.6 Å². The van der Waals surface area contributed by atoms with E-state index in [1.165, 1.54) is 5.56 Å². The van der Waals surface area contributed by atoms with Gasteiger partial charge in [0.25, 0.3) is 0 Å². The molecule has 0 heterocycles. The fourth-order valence-electron chi connectivity index (χ4n) is 2.59. The highest BCUT2D eigenvalue weighted by atomic mass is 79.9. The van der Waals surface area contributed by atoms with Crippen molar-refractivity contribution in [3.8, 4) is 11.5 Å². The third-order valence-corrected chi connectivity index (χ3v) is 5.31. The zero-order valence-corrected chi connectivity index (χ0v) is 18.0. The van der Waals surface area contributed by atoms with E-state index in [9.17, 15) is 4.79 Å². The molecular formula is C20H23BrN2O3S. The summed E-state index contributed by atoms with van der Waals surface area (Å²) in [5.74, 6) is 2.44. The molecule has 0 saturated carbocycles. The minimum Gasteiger partial charge on any atom is -0.496 e. The number of nitrogens with zero attached hydrogens (tertiary/aromatic N) is 1. The molecule has 5 nitrogen and oxygen atoms in total. The first-order valence-electron chi connectivity index (χ1n) is 8.47. The molecule has 1 amide bonds. The fraction of sp³-hybridized carbons (Fsp3) is 0.300. The average molecular weight is 451 g/mol. The number of amides is 1. The summed E-state index contributed by atoms with van der Waals surface area (Å²) >= 11 is 4.98. The Kier molecular flexibility index (Phi) is 8.67. The van der Waals surface area contributed by atoms with Crippen LogP contribution in [-0.2, 0) is 17.0 Å². The molecule has 0 aliphatic carbocycles. The molecule has 2 aromatic carbocycles. The van der Waals surface area contributed by atoms with E-state index in [4.69, 9.17) is 9.47 Å². The lowest BCUT2D eigenvalue weighted by atomic mass is 10.1. The summed E-state index contributed by atoms with van der Waals surface area (Å²) in [6.45, 7) is 2.03. The Balaban J connectivity index is 1.90. The Hall–Kier alpha value is -1.99. The van der Waals surface area contributed by atoms with E-state index in [0.717, 1.165) is 33.5 Å². The van der Waals surface area contributed by atoms with Gasteiger partial charge in [-0.25, -0.2) is 5.43 Å². The molecule has 0 saturated heterocycles. The van der Waals surface area contributed by atoms with E-state index < -0.39 is 0 Å². The number of ether oxygens (including phenoxy) is 2. The number of rotatable bonds is 9. The van der Waals surface area contributed by atoms with Gasteiger partial charge >= 0.3 is 0 Å². The molecule has 0 aromatic heterocycles. The van der Waals surface area contributed by atoms with Gasteiger partial charge in [0.1, 0.15) is 11.5 Å². The van der Waals surface area contributed by atoms with Crippen LogP contribution in [0.5, 0.6) is 11.5 Å². The van der Waals surface area contributed by atoms with E-state index in [1.54, 1.807) is 32.2 Å². The maximum Gasteiger partial charge on any atom is 0.250 e. The summed E-state index contributed by atoms with van der Waals surface area (Å²) in [7, 11) is 3.25. The van der Waals surface area contributed by atoms with Gasteiger partial charge < -0.3 is 9.47 Å². The van der Waals surface area contributed by atoms with Crippen molar-refractivity contribution in [1.29, 1.82) is 0 Å². The Bertz CT molecular complexity index is 812. The van der Waals surface area contributed by atoms with Crippen molar-refractivity contribution in [2.75, 3.05) is 20.0 Å². The predicted octanol–water partition coefficient (Wildman–Crippen LogP) is 4.41. The molecule has 0 bridgehead atoms. The Morgan fingerprint density at radius 3 is 2.74 bits per heavy atom. The molecule has 0 radical (unpaired) electrons. The minimum absolute atomic E-state index is 0.144. The highest BCUT2D eigenvalue weighted by Gasteiger charge is 2.12. The summed E-state index contributed by atoms with van der Waals surface area (Å²) in [6.07, 6.45) is 2.36. The first kappa shape index (κ1) is 21.3. The fourth-order valence-corrected chi connectivity index (χ4v) is 3.80. The zero-order valence-electron chi connectivity index (χ0n) is 15.6. The summed E-state index contributed by atoms with van der Waals surface area (Å²) in [4.78, 5) is 12.0. The standard InChI is InChI=1S/C20H23BrN2O3S/c1-4-17-18(25-2)9-8-15(20(17)26-3)11-22-23-19(24)13-27-12-14-6-5-7-16(21)10-14/h5-11H,4,12-13H2,1-3H3,(H,23,24)/b22-11-. The van der Waals surface area contributed by atoms with Gasteiger partial charge in [-0.05, 0) is 36.2 Å². The third-order valence-electron chi connectivity index (χ3n) is 3.81. The third kappa shape index (κ3) is 6.29. The summed E-state index contributed by atoms with van der Waals surface area (Å²) in [5, 5.41) is 4.05. The number of halogens is 1. The largest absolute Gasteiger partial charge is 0.496 e. The van der Waals surface area contributed by atoms with Gasteiger partial charge in [-0.3, -0.25) is 4.79 Å². The quantitative estimate of drug-likeness (QED) is 0.453. The van der Waals surface area contributed by atoms with Crippen LogP contribution in [0.2, 0.25) is 0 Å². The number of hydrogen-bond acceptors (Lipinski definition) is 5. The number of carbonyl (C=O) groups is 1. The highest BCUT2D eigenvalue weighted by molar-refractivity contribution is 9.10. The molecule has 0 unspecified atom stereocenters. The smallest absolute Gasteiger partial charge is 0.250 e. The van der Waals surface area contributed by atoms with Gasteiger partial charge in [0.15, 0.2) is 0 Å². The molecule has 27 heavy (non-hydrogen) atoms. The highest BCUT2D eigenvalue weighted by Crippen LogP contribution is 2.31. The number of benzene rings is 2. The van der Waals surface area contributed by atoms with Crippen LogP contribution in [0.3, 0.4) is 0 Å². The molecule has 0 spiro atoms. The molecule has 0 aliphatic rings. The van der Waals surface area contributed by atoms with Gasteiger partial charge in [0, 0.05) is 21.4 Å². The lowest BCUT2D eigenvalue weighted by Crippen LogP contribution is -2.19. The van der Waals surface area contributed by atoms with Crippen LogP contribution in [0.1, 0.15) is 23.6 Å². The van der Waals surface area contributed by atoms with Crippen LogP contribution in [0, 0.1) is 0 Å². The maximum atomic E-state index is 12.0. The van der Waals surface area contributed by atoms with Crippen molar-refractivity contribution < 1.29 is 14.3 Å². The maximum absolute atomic E-state index is 12.0. The first-order chi connectivity index (χ1) is 13.1. The van der Waals surface area contributed by atoms with Gasteiger partial charge in [-0.2, -0.15) is 5.10 Å². The number of methoxy groups -OCH3 is 2. The van der Waals surface area contributed by atoms with Crippen LogP contribution in [0.25, 0.3) is 0 Å². The van der Waals surface area contributed by atoms with Crippen molar-refractivity contribution in [3.63, 3.8) is 0 Å². The van der Waals surface area contributed by atoms with Gasteiger partial charge in [-0.15, -0.1) is 11.8 Å². The topological polar surface area (TPSA) is 59.9 Å². The molecule has 2 aromatic rings. The van der Waals surface area contributed by atoms with Crippen molar-refractivity contribution >= 4 is 39.8 Å². The number of nitrogens with one attached hydrogen (secondary N) is 1. The average Bonchev–Trinajstić information content (AvgIpc) is 2.67. The molecule has 1 N–H and O–H groups in total. The van der Waals surface area contributed by atoms with Crippen LogP contribution in [0.4, 0.5) is 0 Å². The van der Waals surface area contributed by atoms with E-state index in [0.29, 0.717) is 11.5 Å². The molecule has 0 fully saturated rings. The molecule has 144 valence electrons. The minimum atomic E-state index is -0.144. The van der Waals surface area contributed by atoms with E-state index >= 15 is 0 Å². The summed E-state index contributed by atoms with van der Waals surface area (Å²) in [6, 6.07) is 11.8. The van der Waals surface area contributed by atoms with Crippen LogP contribution in [0.15, 0.2) is 46.0 Å². The number of thioether (sulfide) groups is 1. The van der Waals surface area contributed by atoms with Gasteiger partial charge in [0.05, 0.1) is 26.2 Å². The molecule has 0 atom stereocenters. The number of carbonyl (C=O) groups excluding carboxylic acids is 1. The lowest BCUT2D eigenvalue weighted by Gasteiger charge is -2.13. The number of hydrogen-bond donors (Lipinski definition) is 1. The number of hydrazone groups is 1. The molecule has 7 heteroatoms.